The Morgan fingerprint density at radius 1 is 1.35 bits per heavy atom. The van der Waals surface area contributed by atoms with Gasteiger partial charge in [-0.25, -0.2) is 0 Å². The Hall–Kier alpha value is -1.61. The van der Waals surface area contributed by atoms with Crippen LogP contribution in [0.25, 0.3) is 6.08 Å². The highest BCUT2D eigenvalue weighted by molar-refractivity contribution is 7.12. The van der Waals surface area contributed by atoms with E-state index < -0.39 is 0 Å². The topological polar surface area (TPSA) is 36.4 Å². The minimum Gasteiger partial charge on any atom is -0.337 e. The zero-order valence-electron chi connectivity index (χ0n) is 14.2. The summed E-state index contributed by atoms with van der Waals surface area (Å²) in [5.41, 5.74) is 8.42. The van der Waals surface area contributed by atoms with Crippen LogP contribution < -0.4 is 10.6 Å². The Morgan fingerprint density at radius 2 is 2.22 bits per heavy atom. The van der Waals surface area contributed by atoms with Gasteiger partial charge in [0.2, 0.25) is 0 Å². The molecule has 3 rings (SSSR count). The molecule has 0 saturated carbocycles. The van der Waals surface area contributed by atoms with E-state index in [-0.39, 0.29) is 6.04 Å². The molecule has 0 radical (unpaired) electrons. The number of allylic oxidation sites excluding steroid dienone is 1. The van der Waals surface area contributed by atoms with Crippen LogP contribution in [0.1, 0.15) is 49.1 Å². The minimum absolute atomic E-state index is 0.281. The van der Waals surface area contributed by atoms with Crippen LogP contribution in [0.4, 0.5) is 0 Å². The highest BCUT2D eigenvalue weighted by Gasteiger charge is 2.17. The third-order valence-corrected chi connectivity index (χ3v) is 5.38. The van der Waals surface area contributed by atoms with Crippen LogP contribution in [-0.2, 0) is 0 Å². The van der Waals surface area contributed by atoms with Crippen LogP contribution in [0, 0.1) is 6.92 Å². The van der Waals surface area contributed by atoms with E-state index in [2.05, 4.69) is 47.7 Å². The third-order valence-electron chi connectivity index (χ3n) is 4.26. The number of amidine groups is 1. The van der Waals surface area contributed by atoms with Gasteiger partial charge in [0.05, 0.1) is 16.6 Å². The SMILES string of the molecule is CC1=C=Cc2c(C)csc2C(=N[C@@H](C)CC2=CCCNCC2)N1. The van der Waals surface area contributed by atoms with Crippen molar-refractivity contribution >= 4 is 23.2 Å². The van der Waals surface area contributed by atoms with Crippen LogP contribution in [0.2, 0.25) is 0 Å². The second-order valence-corrected chi connectivity index (χ2v) is 7.26. The molecule has 0 saturated heterocycles. The Bertz CT molecular complexity index is 702. The van der Waals surface area contributed by atoms with Gasteiger partial charge in [0, 0.05) is 5.56 Å². The first-order chi connectivity index (χ1) is 11.1. The number of hydrogen-bond donors (Lipinski definition) is 2. The highest BCUT2D eigenvalue weighted by atomic mass is 32.1. The monoisotopic (exact) mass is 327 g/mol. The van der Waals surface area contributed by atoms with E-state index in [1.165, 1.54) is 21.6 Å². The maximum absolute atomic E-state index is 5.00. The predicted octanol–water partition coefficient (Wildman–Crippen LogP) is 4.01. The molecule has 4 heteroatoms. The number of nitrogens with one attached hydrogen (secondary N) is 2. The lowest BCUT2D eigenvalue weighted by Crippen LogP contribution is -2.23. The molecule has 0 unspecified atom stereocenters. The summed E-state index contributed by atoms with van der Waals surface area (Å²) < 4.78 is 0. The fourth-order valence-corrected chi connectivity index (χ4v) is 4.03. The summed E-state index contributed by atoms with van der Waals surface area (Å²) in [6.07, 6.45) is 7.80. The molecule has 1 atom stereocenters. The smallest absolute Gasteiger partial charge is 0.144 e. The zero-order chi connectivity index (χ0) is 16.2. The number of hydrogen-bond acceptors (Lipinski definition) is 3. The van der Waals surface area contributed by atoms with Gasteiger partial charge in [-0.15, -0.1) is 11.3 Å². The summed E-state index contributed by atoms with van der Waals surface area (Å²) in [5, 5.41) is 9.08. The van der Waals surface area contributed by atoms with E-state index in [4.69, 9.17) is 4.99 Å². The van der Waals surface area contributed by atoms with Crippen LogP contribution in [0.5, 0.6) is 0 Å². The molecule has 3 heterocycles. The van der Waals surface area contributed by atoms with Gasteiger partial charge in [0.1, 0.15) is 5.84 Å². The minimum atomic E-state index is 0.281. The quantitative estimate of drug-likeness (QED) is 0.650. The molecule has 0 amide bonds. The van der Waals surface area contributed by atoms with Crippen molar-refractivity contribution in [1.82, 2.24) is 10.6 Å². The number of nitrogens with zero attached hydrogens (tertiary/aromatic N) is 1. The lowest BCUT2D eigenvalue weighted by Gasteiger charge is -2.13. The number of fused-ring (bicyclic) bond motifs is 1. The average molecular weight is 327 g/mol. The average Bonchev–Trinajstić information content (AvgIpc) is 2.68. The van der Waals surface area contributed by atoms with E-state index in [9.17, 15) is 0 Å². The van der Waals surface area contributed by atoms with Gasteiger partial charge in [-0.3, -0.25) is 4.99 Å². The Balaban J connectivity index is 1.81. The molecular weight excluding hydrogens is 302 g/mol. The lowest BCUT2D eigenvalue weighted by atomic mass is 10.0. The summed E-state index contributed by atoms with van der Waals surface area (Å²) in [7, 11) is 0. The van der Waals surface area contributed by atoms with Gasteiger partial charge in [-0.2, -0.15) is 0 Å². The lowest BCUT2D eigenvalue weighted by molar-refractivity contribution is 0.675. The number of aryl methyl sites for hydroxylation is 1. The fraction of sp³-hybridized carbons (Fsp3) is 0.474. The van der Waals surface area contributed by atoms with Gasteiger partial charge in [-0.1, -0.05) is 17.4 Å². The number of aliphatic imine (C=N–C) groups is 1. The standard InChI is InChI=1S/C19H25N3S/c1-13-12-23-18-17(13)7-6-14(2)21-19(18)22-15(3)11-16-5-4-9-20-10-8-16/h5,7,12,15,20H,4,8-11H2,1-3H3,(H,21,22)/t15-/m0/s1. The van der Waals surface area contributed by atoms with Crippen LogP contribution in [0.15, 0.2) is 33.4 Å². The first kappa shape index (κ1) is 16.3. The molecule has 0 aromatic carbocycles. The van der Waals surface area contributed by atoms with Crippen molar-refractivity contribution in [1.29, 1.82) is 0 Å². The van der Waals surface area contributed by atoms with Crippen molar-refractivity contribution in [2.45, 2.75) is 46.1 Å². The van der Waals surface area contributed by atoms with Crippen LogP contribution in [0.3, 0.4) is 0 Å². The van der Waals surface area contributed by atoms with E-state index in [1.807, 2.05) is 6.92 Å². The van der Waals surface area contributed by atoms with Crippen molar-refractivity contribution in [2.75, 3.05) is 13.1 Å². The summed E-state index contributed by atoms with van der Waals surface area (Å²) >= 11 is 1.76. The van der Waals surface area contributed by atoms with Gasteiger partial charge in [-0.05, 0) is 70.1 Å². The van der Waals surface area contributed by atoms with Crippen molar-refractivity contribution in [3.8, 4) is 0 Å². The van der Waals surface area contributed by atoms with Crippen LogP contribution in [-0.4, -0.2) is 25.0 Å². The van der Waals surface area contributed by atoms with E-state index in [0.717, 1.165) is 43.9 Å². The van der Waals surface area contributed by atoms with E-state index in [0.29, 0.717) is 0 Å². The van der Waals surface area contributed by atoms with Gasteiger partial charge in [0.25, 0.3) is 0 Å². The zero-order valence-corrected chi connectivity index (χ0v) is 15.0. The largest absolute Gasteiger partial charge is 0.337 e. The Labute approximate surface area is 142 Å². The highest BCUT2D eigenvalue weighted by Crippen LogP contribution is 2.26. The molecule has 0 fully saturated rings. The second-order valence-electron chi connectivity index (χ2n) is 6.38. The number of thiophene rings is 1. The van der Waals surface area contributed by atoms with Gasteiger partial charge >= 0.3 is 0 Å². The molecule has 3 nitrogen and oxygen atoms in total. The van der Waals surface area contributed by atoms with Crippen molar-refractivity contribution in [3.63, 3.8) is 0 Å². The molecule has 1 aromatic rings. The molecule has 122 valence electrons. The van der Waals surface area contributed by atoms with E-state index in [1.54, 1.807) is 11.3 Å². The third kappa shape index (κ3) is 4.03. The molecule has 0 spiro atoms. The maximum atomic E-state index is 5.00. The summed E-state index contributed by atoms with van der Waals surface area (Å²) in [5.74, 6) is 0.997. The molecular formula is C19H25N3S. The number of rotatable bonds is 3. The molecule has 2 aliphatic heterocycles. The first-order valence-corrected chi connectivity index (χ1v) is 9.26. The maximum Gasteiger partial charge on any atom is 0.144 e. The molecule has 2 N–H and O–H groups in total. The van der Waals surface area contributed by atoms with Crippen molar-refractivity contribution in [3.05, 3.63) is 44.5 Å². The first-order valence-electron chi connectivity index (χ1n) is 8.38. The second kappa shape index (κ2) is 7.31. The molecule has 1 aromatic heterocycles. The van der Waals surface area contributed by atoms with Crippen LogP contribution >= 0.6 is 11.3 Å². The van der Waals surface area contributed by atoms with E-state index >= 15 is 0 Å². The summed E-state index contributed by atoms with van der Waals surface area (Å²) in [4.78, 5) is 6.23. The molecule has 2 aliphatic rings. The van der Waals surface area contributed by atoms with Crippen molar-refractivity contribution < 1.29 is 0 Å². The normalized spacial score (nSPS) is 20.9. The Morgan fingerprint density at radius 3 is 3.09 bits per heavy atom. The summed E-state index contributed by atoms with van der Waals surface area (Å²) in [6, 6.07) is 0.281. The van der Waals surface area contributed by atoms with Gasteiger partial charge < -0.3 is 10.6 Å². The summed E-state index contributed by atoms with van der Waals surface area (Å²) in [6.45, 7) is 8.60. The predicted molar refractivity (Wildman–Crippen MR) is 100 cm³/mol. The molecule has 0 bridgehead atoms. The fourth-order valence-electron chi connectivity index (χ4n) is 3.04. The van der Waals surface area contributed by atoms with Gasteiger partial charge in [0.15, 0.2) is 0 Å². The molecule has 0 aliphatic carbocycles. The molecule has 23 heavy (non-hydrogen) atoms. The van der Waals surface area contributed by atoms with Crippen molar-refractivity contribution in [2.24, 2.45) is 4.99 Å². The Kier molecular flexibility index (Phi) is 5.16.